The Morgan fingerprint density at radius 3 is 2.77 bits per heavy atom. The number of hydrogen-bond acceptors (Lipinski definition) is 6. The van der Waals surface area contributed by atoms with Gasteiger partial charge in [0.2, 0.25) is 5.95 Å². The molecule has 1 aliphatic rings. The minimum absolute atomic E-state index is 0.0191. The SMILES string of the molecule is Cc1cc(C(F)(F)F)c(F)c(O)c1-n1cc2cnc(N[C@@H]3CCCN(C)C3)nc2n1. The van der Waals surface area contributed by atoms with Crippen molar-refractivity contribution >= 4 is 17.0 Å². The van der Waals surface area contributed by atoms with Crippen LogP contribution in [0.25, 0.3) is 16.7 Å². The lowest BCUT2D eigenvalue weighted by Gasteiger charge is -2.30. The van der Waals surface area contributed by atoms with E-state index in [-0.39, 0.29) is 22.9 Å². The molecule has 2 aromatic heterocycles. The number of aromatic nitrogens is 4. The number of likely N-dealkylation sites (tertiary alicyclic amines) is 1. The quantitative estimate of drug-likeness (QED) is 0.627. The number of hydrogen-bond donors (Lipinski definition) is 2. The van der Waals surface area contributed by atoms with Gasteiger partial charge in [-0.1, -0.05) is 0 Å². The van der Waals surface area contributed by atoms with E-state index in [1.807, 2.05) is 7.05 Å². The molecule has 1 saturated heterocycles. The van der Waals surface area contributed by atoms with Crippen LogP contribution in [-0.4, -0.2) is 55.9 Å². The number of aromatic hydroxyl groups is 1. The lowest BCUT2D eigenvalue weighted by Crippen LogP contribution is -2.40. The summed E-state index contributed by atoms with van der Waals surface area (Å²) in [5.41, 5.74) is -1.41. The van der Waals surface area contributed by atoms with Gasteiger partial charge in [-0.2, -0.15) is 18.2 Å². The molecule has 3 heterocycles. The first-order chi connectivity index (χ1) is 14.1. The topological polar surface area (TPSA) is 79.1 Å². The minimum atomic E-state index is -4.92. The molecule has 1 atom stereocenters. The normalized spacial score (nSPS) is 18.1. The zero-order valence-electron chi connectivity index (χ0n) is 16.3. The Labute approximate surface area is 169 Å². The van der Waals surface area contributed by atoms with Crippen LogP contribution in [0.4, 0.5) is 23.5 Å². The highest BCUT2D eigenvalue weighted by molar-refractivity contribution is 5.75. The standard InChI is InChI=1S/C19H20F4N6O/c1-10-6-13(19(21,22)23)14(20)16(30)15(10)29-8-11-7-24-18(26-17(11)27-29)25-12-4-3-5-28(2)9-12/h6-8,12,30H,3-5,9H2,1-2H3,(H,25,26,27)/t12-/m1/s1. The molecule has 0 amide bonds. The largest absolute Gasteiger partial charge is 0.503 e. The first-order valence-electron chi connectivity index (χ1n) is 9.40. The number of likely N-dealkylation sites (N-methyl/N-ethyl adjacent to an activating group) is 1. The molecular weight excluding hydrogens is 404 g/mol. The molecule has 0 spiro atoms. The number of benzene rings is 1. The summed E-state index contributed by atoms with van der Waals surface area (Å²) < 4.78 is 54.2. The minimum Gasteiger partial charge on any atom is -0.503 e. The molecule has 0 bridgehead atoms. The third-order valence-electron chi connectivity index (χ3n) is 5.15. The van der Waals surface area contributed by atoms with Crippen molar-refractivity contribution in [3.8, 4) is 11.4 Å². The van der Waals surface area contributed by atoms with Crippen LogP contribution >= 0.6 is 0 Å². The van der Waals surface area contributed by atoms with E-state index in [9.17, 15) is 22.7 Å². The van der Waals surface area contributed by atoms with Crippen LogP contribution in [0.15, 0.2) is 18.5 Å². The number of nitrogens with zero attached hydrogens (tertiary/aromatic N) is 5. The molecule has 1 fully saturated rings. The van der Waals surface area contributed by atoms with Gasteiger partial charge in [-0.25, -0.2) is 14.1 Å². The van der Waals surface area contributed by atoms with E-state index in [2.05, 4.69) is 25.3 Å². The van der Waals surface area contributed by atoms with Crippen molar-refractivity contribution in [2.45, 2.75) is 32.0 Å². The number of anilines is 1. The smallest absolute Gasteiger partial charge is 0.419 e. The maximum Gasteiger partial charge on any atom is 0.419 e. The Morgan fingerprint density at radius 2 is 2.07 bits per heavy atom. The number of aryl methyl sites for hydroxylation is 1. The van der Waals surface area contributed by atoms with E-state index in [0.717, 1.165) is 30.6 Å². The third kappa shape index (κ3) is 3.76. The predicted molar refractivity (Wildman–Crippen MR) is 102 cm³/mol. The molecule has 0 unspecified atom stereocenters. The van der Waals surface area contributed by atoms with Crippen LogP contribution in [0, 0.1) is 12.7 Å². The highest BCUT2D eigenvalue weighted by Crippen LogP contribution is 2.39. The fourth-order valence-corrected chi connectivity index (χ4v) is 3.73. The first kappa shape index (κ1) is 20.3. The summed E-state index contributed by atoms with van der Waals surface area (Å²) in [5.74, 6) is -2.48. The Hall–Kier alpha value is -2.95. The van der Waals surface area contributed by atoms with E-state index in [0.29, 0.717) is 17.4 Å². The molecule has 0 saturated carbocycles. The Bertz CT molecular complexity index is 1100. The summed E-state index contributed by atoms with van der Waals surface area (Å²) in [5, 5.41) is 18.1. The molecule has 0 radical (unpaired) electrons. The monoisotopic (exact) mass is 424 g/mol. The number of nitrogens with one attached hydrogen (secondary N) is 1. The van der Waals surface area contributed by atoms with Crippen LogP contribution in [0.5, 0.6) is 5.75 Å². The molecule has 3 aromatic rings. The van der Waals surface area contributed by atoms with Crippen molar-refractivity contribution in [2.75, 3.05) is 25.5 Å². The zero-order valence-corrected chi connectivity index (χ0v) is 16.3. The van der Waals surface area contributed by atoms with Gasteiger partial charge >= 0.3 is 6.18 Å². The van der Waals surface area contributed by atoms with Crippen LogP contribution in [-0.2, 0) is 6.18 Å². The van der Waals surface area contributed by atoms with Crippen molar-refractivity contribution in [3.05, 3.63) is 35.4 Å². The van der Waals surface area contributed by atoms with Gasteiger partial charge in [-0.3, -0.25) is 0 Å². The number of piperidine rings is 1. The molecular formula is C19H20F4N6O. The van der Waals surface area contributed by atoms with Crippen LogP contribution in [0.1, 0.15) is 24.0 Å². The van der Waals surface area contributed by atoms with Crippen molar-refractivity contribution in [2.24, 2.45) is 0 Å². The number of halogens is 4. The summed E-state index contributed by atoms with van der Waals surface area (Å²) in [6, 6.07) is 0.841. The number of phenolic OH excluding ortho intramolecular Hbond substituents is 1. The summed E-state index contributed by atoms with van der Waals surface area (Å²) in [7, 11) is 2.04. The van der Waals surface area contributed by atoms with Crippen molar-refractivity contribution in [1.29, 1.82) is 0 Å². The second-order valence-corrected chi connectivity index (χ2v) is 7.54. The summed E-state index contributed by atoms with van der Waals surface area (Å²) in [6.07, 6.45) is 0.0792. The maximum absolute atomic E-state index is 14.2. The average molecular weight is 424 g/mol. The van der Waals surface area contributed by atoms with E-state index < -0.39 is 23.3 Å². The molecule has 1 aromatic carbocycles. The number of phenols is 1. The Balaban J connectivity index is 1.68. The molecule has 11 heteroatoms. The second kappa shape index (κ2) is 7.38. The lowest BCUT2D eigenvalue weighted by molar-refractivity contribution is -0.140. The van der Waals surface area contributed by atoms with Gasteiger partial charge in [0, 0.05) is 25.0 Å². The summed E-state index contributed by atoms with van der Waals surface area (Å²) in [4.78, 5) is 10.8. The van der Waals surface area contributed by atoms with Crippen molar-refractivity contribution in [3.63, 3.8) is 0 Å². The molecule has 7 nitrogen and oxygen atoms in total. The fraction of sp³-hybridized carbons (Fsp3) is 0.421. The number of rotatable bonds is 3. The van der Waals surface area contributed by atoms with Crippen molar-refractivity contribution < 1.29 is 22.7 Å². The van der Waals surface area contributed by atoms with Gasteiger partial charge < -0.3 is 15.3 Å². The van der Waals surface area contributed by atoms with E-state index in [1.165, 1.54) is 19.3 Å². The van der Waals surface area contributed by atoms with Gasteiger partial charge in [-0.05, 0) is 45.0 Å². The highest BCUT2D eigenvalue weighted by atomic mass is 19.4. The van der Waals surface area contributed by atoms with Gasteiger partial charge in [0.15, 0.2) is 17.2 Å². The number of fused-ring (bicyclic) bond motifs is 1. The lowest BCUT2D eigenvalue weighted by atomic mass is 10.1. The van der Waals surface area contributed by atoms with Gasteiger partial charge in [0.1, 0.15) is 5.69 Å². The van der Waals surface area contributed by atoms with Gasteiger partial charge in [0.05, 0.1) is 10.9 Å². The van der Waals surface area contributed by atoms with Crippen LogP contribution in [0.3, 0.4) is 0 Å². The van der Waals surface area contributed by atoms with Crippen LogP contribution in [0.2, 0.25) is 0 Å². The molecule has 1 aliphatic heterocycles. The van der Waals surface area contributed by atoms with E-state index in [4.69, 9.17) is 0 Å². The molecule has 160 valence electrons. The van der Waals surface area contributed by atoms with Gasteiger partial charge in [0.25, 0.3) is 0 Å². The zero-order chi connectivity index (χ0) is 21.6. The van der Waals surface area contributed by atoms with Crippen LogP contribution < -0.4 is 5.32 Å². The number of alkyl halides is 3. The van der Waals surface area contributed by atoms with Gasteiger partial charge in [-0.15, -0.1) is 5.10 Å². The molecule has 30 heavy (non-hydrogen) atoms. The second-order valence-electron chi connectivity index (χ2n) is 7.54. The first-order valence-corrected chi connectivity index (χ1v) is 9.40. The maximum atomic E-state index is 14.2. The summed E-state index contributed by atoms with van der Waals surface area (Å²) >= 11 is 0. The third-order valence-corrected chi connectivity index (χ3v) is 5.15. The Kier molecular flexibility index (Phi) is 5.00. The summed E-state index contributed by atoms with van der Waals surface area (Å²) in [6.45, 7) is 3.23. The highest BCUT2D eigenvalue weighted by Gasteiger charge is 2.37. The van der Waals surface area contributed by atoms with Crippen molar-refractivity contribution in [1.82, 2.24) is 24.6 Å². The average Bonchev–Trinajstić information content (AvgIpc) is 3.06. The molecule has 0 aliphatic carbocycles. The fourth-order valence-electron chi connectivity index (χ4n) is 3.73. The molecule has 2 N–H and O–H groups in total. The van der Waals surface area contributed by atoms with E-state index in [1.54, 1.807) is 0 Å². The molecule has 4 rings (SSSR count). The van der Waals surface area contributed by atoms with E-state index >= 15 is 0 Å². The predicted octanol–water partition coefficient (Wildman–Crippen LogP) is 3.49. The Morgan fingerprint density at radius 1 is 1.30 bits per heavy atom.